The molecule has 0 aliphatic carbocycles. The third-order valence-electron chi connectivity index (χ3n) is 3.14. The average molecular weight is 343 g/mol. The molecule has 6 heteroatoms. The molecule has 1 amide bonds. The molecule has 0 aliphatic rings. The van der Waals surface area contributed by atoms with E-state index in [2.05, 4.69) is 15.8 Å². The van der Waals surface area contributed by atoms with Crippen LogP contribution in [0.25, 0.3) is 0 Å². The van der Waals surface area contributed by atoms with E-state index >= 15 is 0 Å². The van der Waals surface area contributed by atoms with Crippen LogP contribution >= 0.6 is 11.8 Å². The Bertz CT molecular complexity index is 670. The molecule has 5 nitrogen and oxygen atoms in total. The molecular weight excluding hydrogens is 322 g/mol. The Kier molecular flexibility index (Phi) is 7.17. The number of anilines is 1. The number of thioether (sulfide) groups is 1. The average Bonchev–Trinajstić information content (AvgIpc) is 2.62. The Morgan fingerprint density at radius 2 is 1.88 bits per heavy atom. The van der Waals surface area contributed by atoms with Crippen molar-refractivity contribution in [2.24, 2.45) is 5.10 Å². The number of hydrazone groups is 1. The maximum absolute atomic E-state index is 11.8. The van der Waals surface area contributed by atoms with E-state index in [4.69, 9.17) is 4.74 Å². The SMILES string of the molecule is CCOc1ccc(NCC(=O)N/N=C/c2ccc(SC)cc2)cc1. The maximum atomic E-state index is 11.8. The van der Waals surface area contributed by atoms with Gasteiger partial charge < -0.3 is 10.1 Å². The highest BCUT2D eigenvalue weighted by molar-refractivity contribution is 7.98. The van der Waals surface area contributed by atoms with Crippen molar-refractivity contribution in [1.29, 1.82) is 0 Å². The Balaban J connectivity index is 1.75. The number of hydrogen-bond acceptors (Lipinski definition) is 5. The Morgan fingerprint density at radius 1 is 1.17 bits per heavy atom. The minimum Gasteiger partial charge on any atom is -0.494 e. The minimum atomic E-state index is -0.208. The maximum Gasteiger partial charge on any atom is 0.259 e. The summed E-state index contributed by atoms with van der Waals surface area (Å²) in [7, 11) is 0. The molecule has 126 valence electrons. The summed E-state index contributed by atoms with van der Waals surface area (Å²) >= 11 is 1.68. The zero-order valence-electron chi connectivity index (χ0n) is 13.8. The first-order valence-electron chi connectivity index (χ1n) is 7.64. The molecule has 0 radical (unpaired) electrons. The molecule has 0 aromatic heterocycles. The third kappa shape index (κ3) is 5.96. The number of hydrogen-bond donors (Lipinski definition) is 2. The van der Waals surface area contributed by atoms with Crippen molar-refractivity contribution in [1.82, 2.24) is 5.43 Å². The molecule has 2 N–H and O–H groups in total. The molecule has 2 aromatic rings. The Morgan fingerprint density at radius 3 is 2.50 bits per heavy atom. The van der Waals surface area contributed by atoms with Crippen molar-refractivity contribution in [3.05, 3.63) is 54.1 Å². The molecule has 0 saturated carbocycles. The minimum absolute atomic E-state index is 0.150. The van der Waals surface area contributed by atoms with E-state index in [-0.39, 0.29) is 12.5 Å². The number of nitrogens with one attached hydrogen (secondary N) is 2. The normalized spacial score (nSPS) is 10.6. The second kappa shape index (κ2) is 9.62. The lowest BCUT2D eigenvalue weighted by Crippen LogP contribution is -2.25. The number of amides is 1. The van der Waals surface area contributed by atoms with Gasteiger partial charge in [-0.15, -0.1) is 11.8 Å². The Hall–Kier alpha value is -2.47. The van der Waals surface area contributed by atoms with Crippen LogP contribution in [0, 0.1) is 0 Å². The standard InChI is InChI=1S/C18H21N3O2S/c1-3-23-16-8-6-15(7-9-16)19-13-18(22)21-20-12-14-4-10-17(24-2)11-5-14/h4-12,19H,3,13H2,1-2H3,(H,21,22)/b20-12+. The molecule has 0 atom stereocenters. The van der Waals surface area contributed by atoms with Gasteiger partial charge in [0.15, 0.2) is 0 Å². The van der Waals surface area contributed by atoms with Gasteiger partial charge in [0.05, 0.1) is 19.4 Å². The fraction of sp³-hybridized carbons (Fsp3) is 0.222. The van der Waals surface area contributed by atoms with Crippen LogP contribution in [0.3, 0.4) is 0 Å². The highest BCUT2D eigenvalue weighted by atomic mass is 32.2. The third-order valence-corrected chi connectivity index (χ3v) is 3.88. The highest BCUT2D eigenvalue weighted by Gasteiger charge is 2.00. The molecule has 0 fully saturated rings. The number of carbonyl (C=O) groups excluding carboxylic acids is 1. The van der Waals surface area contributed by atoms with E-state index in [1.54, 1.807) is 18.0 Å². The molecule has 2 aromatic carbocycles. The monoisotopic (exact) mass is 343 g/mol. The zero-order valence-corrected chi connectivity index (χ0v) is 14.6. The van der Waals surface area contributed by atoms with Crippen molar-refractivity contribution in [3.8, 4) is 5.75 Å². The van der Waals surface area contributed by atoms with Crippen molar-refractivity contribution < 1.29 is 9.53 Å². The zero-order chi connectivity index (χ0) is 17.2. The van der Waals surface area contributed by atoms with Gasteiger partial charge in [-0.2, -0.15) is 5.10 Å². The summed E-state index contributed by atoms with van der Waals surface area (Å²) in [4.78, 5) is 13.0. The van der Waals surface area contributed by atoms with Gasteiger partial charge in [0.1, 0.15) is 5.75 Å². The van der Waals surface area contributed by atoms with Gasteiger partial charge in [-0.1, -0.05) is 12.1 Å². The summed E-state index contributed by atoms with van der Waals surface area (Å²) < 4.78 is 5.37. The van der Waals surface area contributed by atoms with E-state index in [1.165, 1.54) is 4.90 Å². The van der Waals surface area contributed by atoms with Crippen LogP contribution in [-0.4, -0.2) is 31.5 Å². The van der Waals surface area contributed by atoms with Crippen LogP contribution in [0.1, 0.15) is 12.5 Å². The lowest BCUT2D eigenvalue weighted by Gasteiger charge is -2.07. The van der Waals surface area contributed by atoms with Gasteiger partial charge in [0.2, 0.25) is 0 Å². The lowest BCUT2D eigenvalue weighted by atomic mass is 10.2. The molecule has 0 heterocycles. The summed E-state index contributed by atoms with van der Waals surface area (Å²) in [6.07, 6.45) is 3.65. The number of ether oxygens (including phenoxy) is 1. The van der Waals surface area contributed by atoms with Crippen molar-refractivity contribution in [2.45, 2.75) is 11.8 Å². The van der Waals surface area contributed by atoms with Gasteiger partial charge in [-0.25, -0.2) is 5.43 Å². The van der Waals surface area contributed by atoms with Gasteiger partial charge in [-0.05, 0) is 55.1 Å². The van der Waals surface area contributed by atoms with Crippen LogP contribution in [0.2, 0.25) is 0 Å². The Labute approximate surface area is 146 Å². The second-order valence-electron chi connectivity index (χ2n) is 4.88. The van der Waals surface area contributed by atoms with Crippen LogP contribution in [0.5, 0.6) is 5.75 Å². The van der Waals surface area contributed by atoms with Crippen LogP contribution < -0.4 is 15.5 Å². The fourth-order valence-electron chi connectivity index (χ4n) is 1.93. The number of rotatable bonds is 8. The van der Waals surface area contributed by atoms with Crippen molar-refractivity contribution >= 4 is 29.6 Å². The van der Waals surface area contributed by atoms with E-state index in [1.807, 2.05) is 61.7 Å². The summed E-state index contributed by atoms with van der Waals surface area (Å²) in [5.74, 6) is 0.602. The highest BCUT2D eigenvalue weighted by Crippen LogP contribution is 2.15. The van der Waals surface area contributed by atoms with Gasteiger partial charge >= 0.3 is 0 Å². The van der Waals surface area contributed by atoms with Gasteiger partial charge in [0, 0.05) is 10.6 Å². The topological polar surface area (TPSA) is 62.7 Å². The molecule has 0 bridgehead atoms. The predicted octanol–water partition coefficient (Wildman–Crippen LogP) is 3.37. The fourth-order valence-corrected chi connectivity index (χ4v) is 2.33. The van der Waals surface area contributed by atoms with E-state index < -0.39 is 0 Å². The summed E-state index contributed by atoms with van der Waals surface area (Å²) in [5, 5.41) is 6.99. The van der Waals surface area contributed by atoms with Crippen LogP contribution in [0.15, 0.2) is 58.5 Å². The molecule has 0 aliphatic heterocycles. The van der Waals surface area contributed by atoms with E-state index in [9.17, 15) is 4.79 Å². The van der Waals surface area contributed by atoms with Crippen LogP contribution in [0.4, 0.5) is 5.69 Å². The van der Waals surface area contributed by atoms with E-state index in [0.717, 1.165) is 17.0 Å². The quantitative estimate of drug-likeness (QED) is 0.438. The van der Waals surface area contributed by atoms with Crippen molar-refractivity contribution in [3.63, 3.8) is 0 Å². The summed E-state index contributed by atoms with van der Waals surface area (Å²) in [6, 6.07) is 15.4. The number of benzene rings is 2. The molecular formula is C18H21N3O2S. The molecule has 2 rings (SSSR count). The molecule has 0 saturated heterocycles. The molecule has 0 spiro atoms. The number of nitrogens with zero attached hydrogens (tertiary/aromatic N) is 1. The van der Waals surface area contributed by atoms with Crippen molar-refractivity contribution in [2.75, 3.05) is 24.7 Å². The first-order valence-corrected chi connectivity index (χ1v) is 8.86. The predicted molar refractivity (Wildman–Crippen MR) is 100 cm³/mol. The first-order chi connectivity index (χ1) is 11.7. The molecule has 0 unspecified atom stereocenters. The first kappa shape index (κ1) is 17.9. The number of carbonyl (C=O) groups is 1. The summed E-state index contributed by atoms with van der Waals surface area (Å²) in [6.45, 7) is 2.72. The van der Waals surface area contributed by atoms with Gasteiger partial charge in [-0.3, -0.25) is 4.79 Å². The lowest BCUT2D eigenvalue weighted by molar-refractivity contribution is -0.119. The molecule has 24 heavy (non-hydrogen) atoms. The van der Waals surface area contributed by atoms with E-state index in [0.29, 0.717) is 6.61 Å². The summed E-state index contributed by atoms with van der Waals surface area (Å²) in [5.41, 5.74) is 4.29. The largest absolute Gasteiger partial charge is 0.494 e. The second-order valence-corrected chi connectivity index (χ2v) is 5.76. The van der Waals surface area contributed by atoms with Crippen LogP contribution in [-0.2, 0) is 4.79 Å². The smallest absolute Gasteiger partial charge is 0.259 e. The van der Waals surface area contributed by atoms with Gasteiger partial charge in [0.25, 0.3) is 5.91 Å².